The van der Waals surface area contributed by atoms with Crippen molar-refractivity contribution in [2.75, 3.05) is 26.2 Å². The number of rotatable bonds is 1. The fraction of sp³-hybridized carbons (Fsp3) is 0.917. The Kier molecular flexibility index (Phi) is 4.06. The van der Waals surface area contributed by atoms with Crippen LogP contribution in [0.2, 0.25) is 0 Å². The van der Waals surface area contributed by atoms with Crippen molar-refractivity contribution in [3.8, 4) is 0 Å². The molecule has 1 aliphatic heterocycles. The topological polar surface area (TPSA) is 23.6 Å². The molecule has 1 aliphatic rings. The van der Waals surface area contributed by atoms with Crippen LogP contribution in [0.5, 0.6) is 0 Å². The fourth-order valence-electron chi connectivity index (χ4n) is 1.96. The van der Waals surface area contributed by atoms with Gasteiger partial charge in [-0.25, -0.2) is 0 Å². The minimum absolute atomic E-state index is 0.195. The van der Waals surface area contributed by atoms with Crippen LogP contribution in [0.25, 0.3) is 0 Å². The van der Waals surface area contributed by atoms with Gasteiger partial charge in [-0.05, 0) is 34.6 Å². The van der Waals surface area contributed by atoms with Crippen LogP contribution in [-0.4, -0.2) is 51.7 Å². The molecule has 0 aromatic carbocycles. The summed E-state index contributed by atoms with van der Waals surface area (Å²) >= 11 is 3.43. The summed E-state index contributed by atoms with van der Waals surface area (Å²) in [5, 5.41) is 0. The highest BCUT2D eigenvalue weighted by atomic mass is 79.9. The Hall–Kier alpha value is -0.0900. The molecule has 4 heteroatoms. The number of amides is 1. The van der Waals surface area contributed by atoms with Crippen molar-refractivity contribution < 1.29 is 4.79 Å². The van der Waals surface area contributed by atoms with Crippen molar-refractivity contribution in [3.05, 3.63) is 0 Å². The van der Waals surface area contributed by atoms with Crippen molar-refractivity contribution in [2.24, 2.45) is 0 Å². The second-order valence-electron chi connectivity index (χ2n) is 5.92. The summed E-state index contributed by atoms with van der Waals surface area (Å²) in [6, 6.07) is 0. The Morgan fingerprint density at radius 3 is 1.75 bits per heavy atom. The van der Waals surface area contributed by atoms with Gasteiger partial charge in [0.05, 0.1) is 4.32 Å². The van der Waals surface area contributed by atoms with Crippen LogP contribution in [0.1, 0.15) is 34.6 Å². The van der Waals surface area contributed by atoms with Gasteiger partial charge in [-0.2, -0.15) is 0 Å². The first-order chi connectivity index (χ1) is 7.12. The summed E-state index contributed by atoms with van der Waals surface area (Å²) in [5.41, 5.74) is 0.207. The van der Waals surface area contributed by atoms with Crippen LogP contribution in [0.3, 0.4) is 0 Å². The molecule has 1 rings (SSSR count). The maximum atomic E-state index is 12.0. The number of piperazine rings is 1. The number of carbonyl (C=O) groups is 1. The molecule has 0 aromatic heterocycles. The van der Waals surface area contributed by atoms with E-state index < -0.39 is 4.32 Å². The molecule has 1 amide bonds. The van der Waals surface area contributed by atoms with Crippen molar-refractivity contribution in [1.82, 2.24) is 9.80 Å². The summed E-state index contributed by atoms with van der Waals surface area (Å²) in [6.45, 7) is 14.1. The van der Waals surface area contributed by atoms with Crippen LogP contribution < -0.4 is 0 Å². The van der Waals surface area contributed by atoms with E-state index in [4.69, 9.17) is 0 Å². The summed E-state index contributed by atoms with van der Waals surface area (Å²) in [6.07, 6.45) is 0. The molecular weight excluding hydrogens is 268 g/mol. The third-order valence-corrected chi connectivity index (χ3v) is 3.36. The van der Waals surface area contributed by atoms with E-state index in [1.54, 1.807) is 0 Å². The standard InChI is InChI=1S/C12H23BrN2O/c1-11(2,3)15-8-6-14(7-9-15)10(16)12(4,5)13/h6-9H2,1-5H3. The van der Waals surface area contributed by atoms with Crippen molar-refractivity contribution in [2.45, 2.75) is 44.5 Å². The number of nitrogens with zero attached hydrogens (tertiary/aromatic N) is 2. The lowest BCUT2D eigenvalue weighted by Gasteiger charge is -2.43. The molecule has 94 valence electrons. The highest BCUT2D eigenvalue weighted by Gasteiger charge is 2.33. The molecule has 16 heavy (non-hydrogen) atoms. The molecule has 1 saturated heterocycles. The highest BCUT2D eigenvalue weighted by Crippen LogP contribution is 2.22. The van der Waals surface area contributed by atoms with E-state index in [9.17, 15) is 4.79 Å². The van der Waals surface area contributed by atoms with Gasteiger partial charge < -0.3 is 4.90 Å². The zero-order valence-electron chi connectivity index (χ0n) is 11.0. The van der Waals surface area contributed by atoms with Gasteiger partial charge >= 0.3 is 0 Å². The molecular formula is C12H23BrN2O. The number of hydrogen-bond donors (Lipinski definition) is 0. The largest absolute Gasteiger partial charge is 0.339 e. The van der Waals surface area contributed by atoms with E-state index in [0.717, 1.165) is 26.2 Å². The van der Waals surface area contributed by atoms with E-state index in [2.05, 4.69) is 41.6 Å². The fourth-order valence-corrected chi connectivity index (χ4v) is 2.21. The van der Waals surface area contributed by atoms with Crippen LogP contribution in [0, 0.1) is 0 Å². The van der Waals surface area contributed by atoms with E-state index in [-0.39, 0.29) is 11.4 Å². The number of halogens is 1. The number of alkyl halides is 1. The predicted molar refractivity (Wildman–Crippen MR) is 70.9 cm³/mol. The summed E-state index contributed by atoms with van der Waals surface area (Å²) < 4.78 is -0.434. The molecule has 0 spiro atoms. The third kappa shape index (κ3) is 3.45. The van der Waals surface area contributed by atoms with Gasteiger partial charge in [0.2, 0.25) is 5.91 Å². The van der Waals surface area contributed by atoms with Gasteiger partial charge in [-0.3, -0.25) is 9.69 Å². The minimum Gasteiger partial charge on any atom is -0.339 e. The number of hydrogen-bond acceptors (Lipinski definition) is 2. The lowest BCUT2D eigenvalue weighted by molar-refractivity contribution is -0.135. The first kappa shape index (κ1) is 14.0. The monoisotopic (exact) mass is 290 g/mol. The SMILES string of the molecule is CC(C)(Br)C(=O)N1CCN(C(C)(C)C)CC1. The van der Waals surface area contributed by atoms with E-state index in [1.165, 1.54) is 0 Å². The second-order valence-corrected chi connectivity index (χ2v) is 7.91. The normalized spacial score (nSPS) is 20.0. The highest BCUT2D eigenvalue weighted by molar-refractivity contribution is 9.10. The zero-order chi connectivity index (χ0) is 12.6. The Balaban J connectivity index is 2.53. The molecule has 0 unspecified atom stereocenters. The van der Waals surface area contributed by atoms with Crippen molar-refractivity contribution >= 4 is 21.8 Å². The van der Waals surface area contributed by atoms with E-state index >= 15 is 0 Å². The van der Waals surface area contributed by atoms with E-state index in [1.807, 2.05) is 18.7 Å². The van der Waals surface area contributed by atoms with Crippen molar-refractivity contribution in [1.29, 1.82) is 0 Å². The summed E-state index contributed by atoms with van der Waals surface area (Å²) in [4.78, 5) is 16.4. The molecule has 1 fully saturated rings. The van der Waals surface area contributed by atoms with Gasteiger partial charge in [0.15, 0.2) is 0 Å². The summed E-state index contributed by atoms with van der Waals surface area (Å²) in [5.74, 6) is 0.195. The predicted octanol–water partition coefficient (Wildman–Crippen LogP) is 2.10. The van der Waals surface area contributed by atoms with E-state index in [0.29, 0.717) is 0 Å². The average Bonchev–Trinajstić information content (AvgIpc) is 2.14. The van der Waals surface area contributed by atoms with Gasteiger partial charge in [-0.1, -0.05) is 15.9 Å². The van der Waals surface area contributed by atoms with Crippen LogP contribution >= 0.6 is 15.9 Å². The first-order valence-corrected chi connectivity index (χ1v) is 6.65. The van der Waals surface area contributed by atoms with Gasteiger partial charge in [-0.15, -0.1) is 0 Å². The lowest BCUT2D eigenvalue weighted by atomic mass is 10.0. The lowest BCUT2D eigenvalue weighted by Crippen LogP contribution is -2.56. The summed E-state index contributed by atoms with van der Waals surface area (Å²) in [7, 11) is 0. The smallest absolute Gasteiger partial charge is 0.238 e. The van der Waals surface area contributed by atoms with Crippen molar-refractivity contribution in [3.63, 3.8) is 0 Å². The molecule has 0 aliphatic carbocycles. The van der Waals surface area contributed by atoms with Crippen LogP contribution in [-0.2, 0) is 4.79 Å². The van der Waals surface area contributed by atoms with Gasteiger partial charge in [0.25, 0.3) is 0 Å². The molecule has 0 bridgehead atoms. The molecule has 0 atom stereocenters. The Bertz CT molecular complexity index is 257. The molecule has 0 N–H and O–H groups in total. The first-order valence-electron chi connectivity index (χ1n) is 5.86. The van der Waals surface area contributed by atoms with Crippen LogP contribution in [0.15, 0.2) is 0 Å². The average molecular weight is 291 g/mol. The Morgan fingerprint density at radius 2 is 1.44 bits per heavy atom. The van der Waals surface area contributed by atoms with Crippen LogP contribution in [0.4, 0.5) is 0 Å². The van der Waals surface area contributed by atoms with Gasteiger partial charge in [0.1, 0.15) is 0 Å². The molecule has 1 heterocycles. The zero-order valence-corrected chi connectivity index (χ0v) is 12.6. The molecule has 3 nitrogen and oxygen atoms in total. The molecule has 0 aromatic rings. The molecule has 0 radical (unpaired) electrons. The Morgan fingerprint density at radius 1 is 1.00 bits per heavy atom. The Labute approximate surface area is 107 Å². The number of carbonyl (C=O) groups excluding carboxylic acids is 1. The minimum atomic E-state index is -0.434. The second kappa shape index (κ2) is 4.65. The molecule has 0 saturated carbocycles. The maximum Gasteiger partial charge on any atom is 0.238 e. The van der Waals surface area contributed by atoms with Gasteiger partial charge in [0, 0.05) is 31.7 Å². The quantitative estimate of drug-likeness (QED) is 0.691. The maximum absolute atomic E-state index is 12.0. The third-order valence-electron chi connectivity index (χ3n) is 3.02.